The Morgan fingerprint density at radius 2 is 1.09 bits per heavy atom. The Labute approximate surface area is 275 Å². The fourth-order valence-corrected chi connectivity index (χ4v) is 8.43. The van der Waals surface area contributed by atoms with Gasteiger partial charge in [0.15, 0.2) is 0 Å². The van der Waals surface area contributed by atoms with Crippen molar-refractivity contribution in [3.05, 3.63) is 164 Å². The van der Waals surface area contributed by atoms with E-state index in [2.05, 4.69) is 169 Å². The molecule has 0 radical (unpaired) electrons. The Balaban J connectivity index is 1.15. The third-order valence-electron chi connectivity index (χ3n) is 9.42. The number of para-hydroxylation sites is 1. The first-order valence-corrected chi connectivity index (χ1v) is 16.7. The minimum atomic E-state index is 0.899. The summed E-state index contributed by atoms with van der Waals surface area (Å²) in [6.45, 7) is 0. The van der Waals surface area contributed by atoms with Gasteiger partial charge in [-0.05, 0) is 93.3 Å². The highest BCUT2D eigenvalue weighted by molar-refractivity contribution is 7.27. The SMILES string of the molecule is c1ccc(N(c2ccc(-c3ccc4ccccc4c3)cc2)c2ccc3oc4ccc5sc6c7ccccc7ccc6c5c4c3c2)cc1. The van der Waals surface area contributed by atoms with Crippen molar-refractivity contribution in [3.63, 3.8) is 0 Å². The summed E-state index contributed by atoms with van der Waals surface area (Å²) in [6, 6.07) is 58.9. The summed E-state index contributed by atoms with van der Waals surface area (Å²) < 4.78 is 9.10. The molecular formula is C44H27NOS. The first kappa shape index (κ1) is 26.3. The maximum absolute atomic E-state index is 6.49. The molecule has 0 aliphatic carbocycles. The molecule has 0 aliphatic heterocycles. The smallest absolute Gasteiger partial charge is 0.136 e. The van der Waals surface area contributed by atoms with Gasteiger partial charge < -0.3 is 9.32 Å². The Kier molecular flexibility index (Phi) is 5.78. The Morgan fingerprint density at radius 3 is 1.96 bits per heavy atom. The fourth-order valence-electron chi connectivity index (χ4n) is 7.19. The van der Waals surface area contributed by atoms with Gasteiger partial charge in [0.2, 0.25) is 0 Å². The van der Waals surface area contributed by atoms with Crippen LogP contribution in [0.4, 0.5) is 17.1 Å². The van der Waals surface area contributed by atoms with Gasteiger partial charge in [-0.2, -0.15) is 0 Å². The third kappa shape index (κ3) is 4.17. The number of thiophene rings is 1. The molecule has 3 heteroatoms. The molecule has 8 aromatic carbocycles. The molecule has 0 saturated heterocycles. The maximum Gasteiger partial charge on any atom is 0.136 e. The van der Waals surface area contributed by atoms with E-state index in [4.69, 9.17) is 4.42 Å². The average Bonchev–Trinajstić information content (AvgIpc) is 3.70. The summed E-state index contributed by atoms with van der Waals surface area (Å²) in [5.41, 5.74) is 7.53. The lowest BCUT2D eigenvalue weighted by molar-refractivity contribution is 0.669. The quantitative estimate of drug-likeness (QED) is 0.195. The van der Waals surface area contributed by atoms with E-state index in [1.54, 1.807) is 0 Å². The molecule has 2 heterocycles. The minimum absolute atomic E-state index is 0.899. The van der Waals surface area contributed by atoms with Gasteiger partial charge in [-0.25, -0.2) is 0 Å². The Bertz CT molecular complexity index is 2790. The van der Waals surface area contributed by atoms with E-state index in [0.29, 0.717) is 0 Å². The number of furan rings is 1. The first-order valence-electron chi connectivity index (χ1n) is 15.9. The van der Waals surface area contributed by atoms with E-state index in [-0.39, 0.29) is 0 Å². The van der Waals surface area contributed by atoms with Crippen molar-refractivity contribution in [1.82, 2.24) is 0 Å². The predicted molar refractivity (Wildman–Crippen MR) is 202 cm³/mol. The second-order valence-electron chi connectivity index (χ2n) is 12.1. The second-order valence-corrected chi connectivity index (χ2v) is 13.2. The number of nitrogens with zero attached hydrogens (tertiary/aromatic N) is 1. The highest BCUT2D eigenvalue weighted by Gasteiger charge is 2.19. The van der Waals surface area contributed by atoms with Crippen molar-refractivity contribution in [3.8, 4) is 11.1 Å². The summed E-state index contributed by atoms with van der Waals surface area (Å²) in [6.07, 6.45) is 0. The molecule has 10 rings (SSSR count). The molecule has 2 nitrogen and oxygen atoms in total. The molecule has 0 saturated carbocycles. The van der Waals surface area contributed by atoms with Crippen LogP contribution in [0.5, 0.6) is 0 Å². The lowest BCUT2D eigenvalue weighted by Gasteiger charge is -2.25. The second kappa shape index (κ2) is 10.3. The van der Waals surface area contributed by atoms with Crippen molar-refractivity contribution >= 4 is 92.1 Å². The number of benzene rings is 8. The van der Waals surface area contributed by atoms with Gasteiger partial charge in [0.1, 0.15) is 11.2 Å². The number of fused-ring (bicyclic) bond motifs is 10. The molecule has 0 fully saturated rings. The predicted octanol–water partition coefficient (Wildman–Crippen LogP) is 13.4. The zero-order valence-electron chi connectivity index (χ0n) is 25.4. The molecule has 0 aliphatic rings. The van der Waals surface area contributed by atoms with Crippen molar-refractivity contribution in [2.75, 3.05) is 4.90 Å². The van der Waals surface area contributed by atoms with Crippen molar-refractivity contribution < 1.29 is 4.42 Å². The van der Waals surface area contributed by atoms with Crippen molar-refractivity contribution in [1.29, 1.82) is 0 Å². The Hall–Kier alpha value is -5.90. The van der Waals surface area contributed by atoms with Gasteiger partial charge in [0.25, 0.3) is 0 Å². The van der Waals surface area contributed by atoms with Crippen molar-refractivity contribution in [2.45, 2.75) is 0 Å². The molecule has 0 spiro atoms. The van der Waals surface area contributed by atoms with Crippen LogP contribution in [0.2, 0.25) is 0 Å². The molecule has 10 aromatic rings. The number of anilines is 3. The van der Waals surface area contributed by atoms with Crippen LogP contribution in [0.3, 0.4) is 0 Å². The highest BCUT2D eigenvalue weighted by Crippen LogP contribution is 2.46. The van der Waals surface area contributed by atoms with Gasteiger partial charge in [-0.15, -0.1) is 11.3 Å². The lowest BCUT2D eigenvalue weighted by atomic mass is 10.0. The summed E-state index contributed by atoms with van der Waals surface area (Å²) in [4.78, 5) is 2.34. The van der Waals surface area contributed by atoms with Crippen molar-refractivity contribution in [2.24, 2.45) is 0 Å². The number of hydrogen-bond acceptors (Lipinski definition) is 3. The van der Waals surface area contributed by atoms with Crippen LogP contribution < -0.4 is 4.90 Å². The molecule has 0 unspecified atom stereocenters. The first-order chi connectivity index (χ1) is 23.3. The monoisotopic (exact) mass is 617 g/mol. The molecular weight excluding hydrogens is 591 g/mol. The largest absolute Gasteiger partial charge is 0.456 e. The highest BCUT2D eigenvalue weighted by atomic mass is 32.1. The number of rotatable bonds is 4. The van der Waals surface area contributed by atoms with E-state index >= 15 is 0 Å². The Morgan fingerprint density at radius 1 is 0.404 bits per heavy atom. The summed E-state index contributed by atoms with van der Waals surface area (Å²) in [5.74, 6) is 0. The molecule has 0 atom stereocenters. The molecule has 2 aromatic heterocycles. The van der Waals surface area contributed by atoms with Crippen LogP contribution in [0.1, 0.15) is 0 Å². The van der Waals surface area contributed by atoms with E-state index < -0.39 is 0 Å². The van der Waals surface area contributed by atoms with Crippen LogP contribution in [-0.4, -0.2) is 0 Å². The fraction of sp³-hybridized carbons (Fsp3) is 0. The third-order valence-corrected chi connectivity index (χ3v) is 10.6. The van der Waals surface area contributed by atoms with Gasteiger partial charge in [0.05, 0.1) is 0 Å². The molecule has 220 valence electrons. The molecule has 0 N–H and O–H groups in total. The molecule has 0 amide bonds. The van der Waals surface area contributed by atoms with E-state index in [1.807, 2.05) is 11.3 Å². The van der Waals surface area contributed by atoms with Crippen LogP contribution in [-0.2, 0) is 0 Å². The van der Waals surface area contributed by atoms with E-state index in [0.717, 1.165) is 33.6 Å². The molecule has 47 heavy (non-hydrogen) atoms. The van der Waals surface area contributed by atoms with Crippen LogP contribution >= 0.6 is 11.3 Å². The summed E-state index contributed by atoms with van der Waals surface area (Å²) >= 11 is 1.87. The van der Waals surface area contributed by atoms with Gasteiger partial charge in [-0.1, -0.05) is 103 Å². The normalized spacial score (nSPS) is 11.8. The van der Waals surface area contributed by atoms with Crippen LogP contribution in [0.25, 0.3) is 74.8 Å². The lowest BCUT2D eigenvalue weighted by Crippen LogP contribution is -2.09. The zero-order chi connectivity index (χ0) is 30.9. The summed E-state index contributed by atoms with van der Waals surface area (Å²) in [5, 5.41) is 9.95. The van der Waals surface area contributed by atoms with Gasteiger partial charge >= 0.3 is 0 Å². The molecule has 0 bridgehead atoms. The van der Waals surface area contributed by atoms with E-state index in [9.17, 15) is 0 Å². The standard InChI is InChI=1S/C44H27NOS/c1-2-11-33(12-3-1)45(34-19-16-29(17-20-34)32-15-14-28-8-4-5-10-31(28)26-32)35-21-23-39-38(27-35)42-40(46-39)24-25-41-43(42)37-22-18-30-9-6-7-13-36(30)44(37)47-41/h1-27H. The topological polar surface area (TPSA) is 16.4 Å². The van der Waals surface area contributed by atoms with Crippen LogP contribution in [0, 0.1) is 0 Å². The summed E-state index contributed by atoms with van der Waals surface area (Å²) in [7, 11) is 0. The average molecular weight is 618 g/mol. The number of hydrogen-bond donors (Lipinski definition) is 0. The van der Waals surface area contributed by atoms with Gasteiger partial charge in [-0.3, -0.25) is 0 Å². The zero-order valence-corrected chi connectivity index (χ0v) is 26.2. The van der Waals surface area contributed by atoms with Crippen LogP contribution in [0.15, 0.2) is 168 Å². The maximum atomic E-state index is 6.49. The van der Waals surface area contributed by atoms with E-state index in [1.165, 1.54) is 58.2 Å². The minimum Gasteiger partial charge on any atom is -0.456 e. The van der Waals surface area contributed by atoms with Gasteiger partial charge in [0, 0.05) is 48.0 Å².